The number of halogens is 1. The van der Waals surface area contributed by atoms with E-state index in [0.29, 0.717) is 24.7 Å². The summed E-state index contributed by atoms with van der Waals surface area (Å²) >= 11 is 0. The van der Waals surface area contributed by atoms with E-state index in [-0.39, 0.29) is 6.67 Å². The molecule has 0 aromatic rings. The number of rotatable bonds is 5. The normalized spacial score (nSPS) is 31.9. The van der Waals surface area contributed by atoms with Crippen LogP contribution in [0.1, 0.15) is 32.6 Å². The molecule has 0 aromatic carbocycles. The molecule has 2 rings (SSSR count). The van der Waals surface area contributed by atoms with Gasteiger partial charge in [0.2, 0.25) is 5.60 Å². The Bertz CT molecular complexity index is 316. The van der Waals surface area contributed by atoms with Gasteiger partial charge >= 0.3 is 0 Å². The molecule has 90 valence electrons. The molecule has 3 nitrogen and oxygen atoms in total. The van der Waals surface area contributed by atoms with Crippen LogP contribution in [0.4, 0.5) is 4.39 Å². The van der Waals surface area contributed by atoms with Crippen molar-refractivity contribution >= 4 is 5.71 Å². The quantitative estimate of drug-likeness (QED) is 0.534. The van der Waals surface area contributed by atoms with Crippen LogP contribution >= 0.6 is 0 Å². The van der Waals surface area contributed by atoms with E-state index in [1.165, 1.54) is 0 Å². The first kappa shape index (κ1) is 11.4. The standard InChI is InChI=1S/C12H18FNO2/c1-9-11-5-3-6-12(11,16-14-9)10(2)15-8-4-7-13/h11H,2-8H2,1H3. The van der Waals surface area contributed by atoms with Crippen molar-refractivity contribution in [3.63, 3.8) is 0 Å². The third kappa shape index (κ3) is 1.70. The molecule has 0 N–H and O–H groups in total. The number of fused-ring (bicyclic) bond motifs is 1. The average Bonchev–Trinajstić information content (AvgIpc) is 2.81. The first-order valence-corrected chi connectivity index (χ1v) is 5.81. The predicted octanol–water partition coefficient (Wildman–Crippen LogP) is 2.82. The number of hydrogen-bond donors (Lipinski definition) is 0. The highest BCUT2D eigenvalue weighted by Crippen LogP contribution is 2.48. The predicted molar refractivity (Wildman–Crippen MR) is 60.0 cm³/mol. The van der Waals surface area contributed by atoms with Crippen molar-refractivity contribution in [1.29, 1.82) is 0 Å². The van der Waals surface area contributed by atoms with Crippen LogP contribution in [0, 0.1) is 5.92 Å². The summed E-state index contributed by atoms with van der Waals surface area (Å²) in [4.78, 5) is 5.54. The van der Waals surface area contributed by atoms with Gasteiger partial charge in [0.15, 0.2) is 0 Å². The molecule has 0 amide bonds. The van der Waals surface area contributed by atoms with E-state index in [0.717, 1.165) is 25.0 Å². The molecule has 16 heavy (non-hydrogen) atoms. The molecule has 4 heteroatoms. The Morgan fingerprint density at radius 1 is 1.75 bits per heavy atom. The molecule has 1 aliphatic carbocycles. The van der Waals surface area contributed by atoms with E-state index in [2.05, 4.69) is 11.7 Å². The van der Waals surface area contributed by atoms with Gasteiger partial charge in [-0.05, 0) is 26.2 Å². The molecule has 2 aliphatic rings. The lowest BCUT2D eigenvalue weighted by Gasteiger charge is -2.28. The van der Waals surface area contributed by atoms with Crippen molar-refractivity contribution in [3.8, 4) is 0 Å². The second-order valence-corrected chi connectivity index (χ2v) is 4.47. The van der Waals surface area contributed by atoms with Crippen molar-refractivity contribution in [1.82, 2.24) is 0 Å². The summed E-state index contributed by atoms with van der Waals surface area (Å²) in [5.41, 5.74) is 0.563. The minimum atomic E-state index is -0.458. The Labute approximate surface area is 95.3 Å². The van der Waals surface area contributed by atoms with Gasteiger partial charge in [-0.3, -0.25) is 4.39 Å². The summed E-state index contributed by atoms with van der Waals surface area (Å²) in [6.45, 7) is 5.92. The molecule has 2 atom stereocenters. The van der Waals surface area contributed by atoms with Gasteiger partial charge in [0, 0.05) is 6.42 Å². The third-order valence-corrected chi connectivity index (χ3v) is 3.49. The zero-order valence-electron chi connectivity index (χ0n) is 9.67. The van der Waals surface area contributed by atoms with Crippen LogP contribution < -0.4 is 0 Å². The Kier molecular flexibility index (Phi) is 3.17. The van der Waals surface area contributed by atoms with Gasteiger partial charge in [-0.25, -0.2) is 0 Å². The van der Waals surface area contributed by atoms with Crippen LogP contribution in [-0.4, -0.2) is 24.6 Å². The van der Waals surface area contributed by atoms with E-state index in [1.54, 1.807) is 0 Å². The number of ether oxygens (including phenoxy) is 1. The lowest BCUT2D eigenvalue weighted by molar-refractivity contribution is -0.0451. The van der Waals surface area contributed by atoms with Gasteiger partial charge in [0.05, 0.1) is 24.9 Å². The van der Waals surface area contributed by atoms with Gasteiger partial charge in [-0.2, -0.15) is 0 Å². The van der Waals surface area contributed by atoms with E-state index in [1.807, 2.05) is 6.92 Å². The summed E-state index contributed by atoms with van der Waals surface area (Å²) < 4.78 is 17.5. The van der Waals surface area contributed by atoms with Gasteiger partial charge in [0.1, 0.15) is 5.76 Å². The maximum atomic E-state index is 12.0. The minimum Gasteiger partial charge on any atom is -0.494 e. The zero-order chi connectivity index (χ0) is 11.6. The number of alkyl halides is 1. The van der Waals surface area contributed by atoms with E-state index in [4.69, 9.17) is 9.57 Å². The maximum absolute atomic E-state index is 12.0. The van der Waals surface area contributed by atoms with E-state index in [9.17, 15) is 4.39 Å². The SMILES string of the molecule is C=C(OCCCF)C12CCCC1C(C)=NO2. The van der Waals surface area contributed by atoms with Crippen LogP contribution in [0.15, 0.2) is 17.5 Å². The van der Waals surface area contributed by atoms with Gasteiger partial charge in [-0.15, -0.1) is 0 Å². The molecular formula is C12H18FNO2. The molecule has 1 saturated carbocycles. The molecule has 0 aromatic heterocycles. The van der Waals surface area contributed by atoms with Crippen molar-refractivity contribution < 1.29 is 14.0 Å². The average molecular weight is 227 g/mol. The summed E-state index contributed by atoms with van der Waals surface area (Å²) in [6.07, 6.45) is 3.47. The minimum absolute atomic E-state index is 0.297. The smallest absolute Gasteiger partial charge is 0.201 e. The van der Waals surface area contributed by atoms with Crippen molar-refractivity contribution in [3.05, 3.63) is 12.3 Å². The maximum Gasteiger partial charge on any atom is 0.201 e. The van der Waals surface area contributed by atoms with Crippen molar-refractivity contribution in [2.45, 2.75) is 38.2 Å². The molecule has 0 radical (unpaired) electrons. The highest BCUT2D eigenvalue weighted by molar-refractivity contribution is 5.87. The van der Waals surface area contributed by atoms with Gasteiger partial charge < -0.3 is 9.57 Å². The second-order valence-electron chi connectivity index (χ2n) is 4.47. The van der Waals surface area contributed by atoms with Gasteiger partial charge in [0.25, 0.3) is 0 Å². The molecule has 2 unspecified atom stereocenters. The largest absolute Gasteiger partial charge is 0.494 e. The summed E-state index contributed by atoms with van der Waals surface area (Å²) in [7, 11) is 0. The van der Waals surface area contributed by atoms with Crippen LogP contribution in [0.5, 0.6) is 0 Å². The zero-order valence-corrected chi connectivity index (χ0v) is 9.67. The fraction of sp³-hybridized carbons (Fsp3) is 0.750. The first-order valence-electron chi connectivity index (χ1n) is 5.81. The molecule has 1 aliphatic heterocycles. The Hall–Kier alpha value is -1.06. The van der Waals surface area contributed by atoms with Crippen molar-refractivity contribution in [2.75, 3.05) is 13.3 Å². The molecule has 1 heterocycles. The van der Waals surface area contributed by atoms with Crippen LogP contribution in [-0.2, 0) is 9.57 Å². The summed E-state index contributed by atoms with van der Waals surface area (Å²) in [5.74, 6) is 0.912. The van der Waals surface area contributed by atoms with Crippen molar-refractivity contribution in [2.24, 2.45) is 11.1 Å². The number of nitrogens with zero attached hydrogens (tertiary/aromatic N) is 1. The molecular weight excluding hydrogens is 209 g/mol. The second kappa shape index (κ2) is 4.44. The number of oxime groups is 1. The Balaban J connectivity index is 2.00. The van der Waals surface area contributed by atoms with Crippen LogP contribution in [0.3, 0.4) is 0 Å². The molecule has 1 fully saturated rings. The fourth-order valence-corrected chi connectivity index (χ4v) is 2.61. The summed E-state index contributed by atoms with van der Waals surface area (Å²) in [5, 5.41) is 4.04. The monoisotopic (exact) mass is 227 g/mol. The topological polar surface area (TPSA) is 30.8 Å². The number of hydrogen-bond acceptors (Lipinski definition) is 3. The summed E-state index contributed by atoms with van der Waals surface area (Å²) in [6, 6.07) is 0. The Morgan fingerprint density at radius 3 is 3.31 bits per heavy atom. The van der Waals surface area contributed by atoms with Crippen LogP contribution in [0.25, 0.3) is 0 Å². The van der Waals surface area contributed by atoms with E-state index >= 15 is 0 Å². The Morgan fingerprint density at radius 2 is 2.56 bits per heavy atom. The molecule has 0 saturated heterocycles. The van der Waals surface area contributed by atoms with E-state index < -0.39 is 5.60 Å². The lowest BCUT2D eigenvalue weighted by atomic mass is 9.87. The highest BCUT2D eigenvalue weighted by Gasteiger charge is 2.54. The highest BCUT2D eigenvalue weighted by atomic mass is 19.1. The fourth-order valence-electron chi connectivity index (χ4n) is 2.61. The molecule has 0 bridgehead atoms. The lowest BCUT2D eigenvalue weighted by Crippen LogP contribution is -2.36. The third-order valence-electron chi connectivity index (χ3n) is 3.49. The van der Waals surface area contributed by atoms with Gasteiger partial charge in [-0.1, -0.05) is 11.7 Å². The first-order chi connectivity index (χ1) is 7.70. The van der Waals surface area contributed by atoms with Crippen LogP contribution in [0.2, 0.25) is 0 Å². The molecule has 0 spiro atoms.